The molecular formula is C16H24N2O2. The highest BCUT2D eigenvalue weighted by Gasteiger charge is 2.34. The Morgan fingerprint density at radius 2 is 2.20 bits per heavy atom. The van der Waals surface area contributed by atoms with Crippen LogP contribution in [0.5, 0.6) is 0 Å². The first-order valence-electron chi connectivity index (χ1n) is 7.13. The number of carbonyl (C=O) groups excluding carboxylic acids is 1. The zero-order valence-electron chi connectivity index (χ0n) is 12.5. The Kier molecular flexibility index (Phi) is 4.78. The molecule has 1 aromatic carbocycles. The summed E-state index contributed by atoms with van der Waals surface area (Å²) in [6, 6.07) is 8.16. The van der Waals surface area contributed by atoms with Gasteiger partial charge in [-0.2, -0.15) is 0 Å². The van der Waals surface area contributed by atoms with Gasteiger partial charge in [-0.25, -0.2) is 0 Å². The maximum Gasteiger partial charge on any atom is 0.227 e. The van der Waals surface area contributed by atoms with Crippen molar-refractivity contribution in [3.8, 4) is 0 Å². The second-order valence-electron chi connectivity index (χ2n) is 6.02. The number of rotatable bonds is 4. The maximum absolute atomic E-state index is 12.5. The molecule has 2 unspecified atom stereocenters. The average Bonchev–Trinajstić information content (AvgIpc) is 2.69. The van der Waals surface area contributed by atoms with E-state index < -0.39 is 0 Å². The lowest BCUT2D eigenvalue weighted by atomic mass is 10.1. The Morgan fingerprint density at radius 1 is 1.45 bits per heavy atom. The van der Waals surface area contributed by atoms with E-state index in [1.165, 1.54) is 5.56 Å². The first-order chi connectivity index (χ1) is 9.45. The van der Waals surface area contributed by atoms with Gasteiger partial charge in [-0.15, -0.1) is 0 Å². The molecule has 0 aromatic heterocycles. The number of nitrogens with zero attached hydrogens (tertiary/aromatic N) is 2. The van der Waals surface area contributed by atoms with E-state index in [0.29, 0.717) is 19.4 Å². The lowest BCUT2D eigenvalue weighted by Crippen LogP contribution is -2.42. The van der Waals surface area contributed by atoms with Crippen molar-refractivity contribution >= 4 is 5.91 Å². The SMILES string of the molecule is Cc1cccc(CC(=O)N2CC(O)CC2CN(C)C)c1. The van der Waals surface area contributed by atoms with Gasteiger partial charge in [0.05, 0.1) is 12.5 Å². The third-order valence-electron chi connectivity index (χ3n) is 3.73. The summed E-state index contributed by atoms with van der Waals surface area (Å²) in [5.74, 6) is 0.110. The molecule has 1 fully saturated rings. The summed E-state index contributed by atoms with van der Waals surface area (Å²) in [7, 11) is 3.99. The highest BCUT2D eigenvalue weighted by atomic mass is 16.3. The number of hydrogen-bond donors (Lipinski definition) is 1. The number of aliphatic hydroxyl groups is 1. The fourth-order valence-corrected chi connectivity index (χ4v) is 2.89. The monoisotopic (exact) mass is 276 g/mol. The van der Waals surface area contributed by atoms with Gasteiger partial charge in [-0.3, -0.25) is 4.79 Å². The predicted octanol–water partition coefficient (Wildman–Crippen LogP) is 1.06. The van der Waals surface area contributed by atoms with Crippen molar-refractivity contribution in [2.45, 2.75) is 31.9 Å². The summed E-state index contributed by atoms with van der Waals surface area (Å²) in [4.78, 5) is 16.4. The van der Waals surface area contributed by atoms with Gasteiger partial charge in [-0.1, -0.05) is 29.8 Å². The van der Waals surface area contributed by atoms with Crippen LogP contribution in [0.2, 0.25) is 0 Å². The van der Waals surface area contributed by atoms with Crippen LogP contribution < -0.4 is 0 Å². The van der Waals surface area contributed by atoms with E-state index in [2.05, 4.69) is 4.90 Å². The van der Waals surface area contributed by atoms with E-state index in [1.807, 2.05) is 50.2 Å². The standard InChI is InChI=1S/C16H24N2O2/c1-12-5-4-6-13(7-12)8-16(20)18-11-15(19)9-14(18)10-17(2)3/h4-7,14-15,19H,8-11H2,1-3H3. The van der Waals surface area contributed by atoms with Crippen LogP contribution in [-0.4, -0.2) is 60.1 Å². The molecule has 0 radical (unpaired) electrons. The van der Waals surface area contributed by atoms with Gasteiger partial charge in [0.1, 0.15) is 0 Å². The number of aryl methyl sites for hydroxylation is 1. The molecule has 1 amide bonds. The van der Waals surface area contributed by atoms with Gasteiger partial charge in [0.2, 0.25) is 5.91 Å². The molecular weight excluding hydrogens is 252 g/mol. The zero-order chi connectivity index (χ0) is 14.7. The minimum atomic E-state index is -0.388. The molecule has 0 aliphatic carbocycles. The van der Waals surface area contributed by atoms with Crippen molar-refractivity contribution in [3.63, 3.8) is 0 Å². The topological polar surface area (TPSA) is 43.8 Å². The lowest BCUT2D eigenvalue weighted by Gasteiger charge is -2.27. The summed E-state index contributed by atoms with van der Waals surface area (Å²) in [6.45, 7) is 3.29. The van der Waals surface area contributed by atoms with Gasteiger partial charge in [0.25, 0.3) is 0 Å². The van der Waals surface area contributed by atoms with Crippen LogP contribution in [0.4, 0.5) is 0 Å². The Hall–Kier alpha value is -1.39. The van der Waals surface area contributed by atoms with Crippen LogP contribution in [0.25, 0.3) is 0 Å². The molecule has 0 spiro atoms. The van der Waals surface area contributed by atoms with Crippen molar-refractivity contribution < 1.29 is 9.90 Å². The van der Waals surface area contributed by atoms with E-state index in [9.17, 15) is 9.90 Å². The van der Waals surface area contributed by atoms with Crippen LogP contribution in [0, 0.1) is 6.92 Å². The van der Waals surface area contributed by atoms with Crippen molar-refractivity contribution in [2.75, 3.05) is 27.2 Å². The number of hydrogen-bond acceptors (Lipinski definition) is 3. The summed E-state index contributed by atoms with van der Waals surface area (Å²) < 4.78 is 0. The molecule has 2 rings (SSSR count). The Labute approximate surface area is 121 Å². The molecule has 0 saturated carbocycles. The lowest BCUT2D eigenvalue weighted by molar-refractivity contribution is -0.131. The van der Waals surface area contributed by atoms with Gasteiger partial charge in [-0.05, 0) is 33.0 Å². The fraction of sp³-hybridized carbons (Fsp3) is 0.562. The second kappa shape index (κ2) is 6.37. The van der Waals surface area contributed by atoms with Crippen molar-refractivity contribution in [1.29, 1.82) is 0 Å². The van der Waals surface area contributed by atoms with Crippen LogP contribution in [0.15, 0.2) is 24.3 Å². The molecule has 4 nitrogen and oxygen atoms in total. The molecule has 20 heavy (non-hydrogen) atoms. The molecule has 1 aliphatic heterocycles. The van der Waals surface area contributed by atoms with Gasteiger partial charge in [0.15, 0.2) is 0 Å². The number of benzene rings is 1. The summed E-state index contributed by atoms with van der Waals surface area (Å²) >= 11 is 0. The van der Waals surface area contributed by atoms with E-state index >= 15 is 0 Å². The highest BCUT2D eigenvalue weighted by Crippen LogP contribution is 2.20. The molecule has 1 saturated heterocycles. The normalized spacial score (nSPS) is 22.6. The van der Waals surface area contributed by atoms with Crippen LogP contribution in [0.3, 0.4) is 0 Å². The van der Waals surface area contributed by atoms with Crippen molar-refractivity contribution in [2.24, 2.45) is 0 Å². The second-order valence-corrected chi connectivity index (χ2v) is 6.02. The minimum absolute atomic E-state index is 0.110. The first kappa shape index (κ1) is 15.0. The van der Waals surface area contributed by atoms with Gasteiger partial charge < -0.3 is 14.9 Å². The molecule has 110 valence electrons. The first-order valence-corrected chi connectivity index (χ1v) is 7.13. The summed E-state index contributed by atoms with van der Waals surface area (Å²) in [6.07, 6.45) is 0.706. The van der Waals surface area contributed by atoms with E-state index in [-0.39, 0.29) is 18.1 Å². The number of likely N-dealkylation sites (N-methyl/N-ethyl adjacent to an activating group) is 1. The third-order valence-corrected chi connectivity index (χ3v) is 3.73. The summed E-state index contributed by atoms with van der Waals surface area (Å²) in [5, 5.41) is 9.83. The van der Waals surface area contributed by atoms with E-state index in [4.69, 9.17) is 0 Å². The summed E-state index contributed by atoms with van der Waals surface area (Å²) in [5.41, 5.74) is 2.21. The fourth-order valence-electron chi connectivity index (χ4n) is 2.89. The highest BCUT2D eigenvalue weighted by molar-refractivity contribution is 5.79. The van der Waals surface area contributed by atoms with Crippen LogP contribution in [0.1, 0.15) is 17.5 Å². The third kappa shape index (κ3) is 3.81. The molecule has 0 bridgehead atoms. The Morgan fingerprint density at radius 3 is 2.85 bits per heavy atom. The molecule has 2 atom stereocenters. The molecule has 1 aromatic rings. The largest absolute Gasteiger partial charge is 0.391 e. The molecule has 1 heterocycles. The average molecular weight is 276 g/mol. The van der Waals surface area contributed by atoms with Gasteiger partial charge in [0, 0.05) is 19.1 Å². The smallest absolute Gasteiger partial charge is 0.227 e. The van der Waals surface area contributed by atoms with Crippen LogP contribution in [-0.2, 0) is 11.2 Å². The van der Waals surface area contributed by atoms with E-state index in [0.717, 1.165) is 12.1 Å². The van der Waals surface area contributed by atoms with Crippen molar-refractivity contribution in [3.05, 3.63) is 35.4 Å². The number of likely N-dealkylation sites (tertiary alicyclic amines) is 1. The molecule has 1 aliphatic rings. The number of amides is 1. The van der Waals surface area contributed by atoms with Crippen LogP contribution >= 0.6 is 0 Å². The number of β-amino-alcohol motifs (C(OH)–C–C–N with tert-alkyl or cyclic N) is 1. The molecule has 1 N–H and O–H groups in total. The number of aliphatic hydroxyl groups excluding tert-OH is 1. The minimum Gasteiger partial charge on any atom is -0.391 e. The zero-order valence-corrected chi connectivity index (χ0v) is 12.5. The van der Waals surface area contributed by atoms with Gasteiger partial charge >= 0.3 is 0 Å². The van der Waals surface area contributed by atoms with E-state index in [1.54, 1.807) is 0 Å². The Balaban J connectivity index is 2.03. The molecule has 4 heteroatoms. The predicted molar refractivity (Wildman–Crippen MR) is 79.6 cm³/mol. The Bertz CT molecular complexity index is 473. The number of carbonyl (C=O) groups is 1. The van der Waals surface area contributed by atoms with Crippen molar-refractivity contribution in [1.82, 2.24) is 9.80 Å². The maximum atomic E-state index is 12.5. The quantitative estimate of drug-likeness (QED) is 0.894.